The van der Waals surface area contributed by atoms with Crippen molar-refractivity contribution in [3.63, 3.8) is 0 Å². The van der Waals surface area contributed by atoms with E-state index >= 15 is 0 Å². The average Bonchev–Trinajstić information content (AvgIpc) is 2.70. The first-order valence-electron chi connectivity index (χ1n) is 6.10. The number of hydrogen-bond donors (Lipinski definition) is 0. The standard InChI is InChI=1S/C14H19NO/c1-3-13-9-10-14(16)15(13)11(2)12-7-5-4-6-8-12/h4-8,11,13H,3,9-10H2,1-2H3/t11-,13?/m1/s1. The van der Waals surface area contributed by atoms with Gasteiger partial charge in [-0.1, -0.05) is 37.3 Å². The lowest BCUT2D eigenvalue weighted by Crippen LogP contribution is -2.34. The fourth-order valence-electron chi connectivity index (χ4n) is 2.59. The van der Waals surface area contributed by atoms with Crippen LogP contribution < -0.4 is 0 Å². The van der Waals surface area contributed by atoms with Crippen molar-refractivity contribution >= 4 is 5.91 Å². The van der Waals surface area contributed by atoms with Crippen LogP contribution in [0, 0.1) is 0 Å². The van der Waals surface area contributed by atoms with Gasteiger partial charge in [-0.15, -0.1) is 0 Å². The predicted octanol–water partition coefficient (Wildman–Crippen LogP) is 3.15. The van der Waals surface area contributed by atoms with Crippen molar-refractivity contribution in [2.45, 2.75) is 45.2 Å². The van der Waals surface area contributed by atoms with Crippen molar-refractivity contribution in [2.24, 2.45) is 0 Å². The van der Waals surface area contributed by atoms with Crippen molar-refractivity contribution in [1.82, 2.24) is 4.90 Å². The van der Waals surface area contributed by atoms with E-state index in [2.05, 4.69) is 30.9 Å². The molecule has 16 heavy (non-hydrogen) atoms. The Kier molecular flexibility index (Phi) is 3.28. The van der Waals surface area contributed by atoms with E-state index in [0.29, 0.717) is 11.9 Å². The molecule has 2 atom stereocenters. The van der Waals surface area contributed by atoms with Crippen LogP contribution >= 0.6 is 0 Å². The molecule has 1 amide bonds. The first-order chi connectivity index (χ1) is 7.74. The molecule has 1 fully saturated rings. The topological polar surface area (TPSA) is 20.3 Å². The Hall–Kier alpha value is -1.31. The Bertz CT molecular complexity index is 360. The predicted molar refractivity (Wildman–Crippen MR) is 65.0 cm³/mol. The third-order valence-corrected chi connectivity index (χ3v) is 3.54. The molecular formula is C14H19NO. The van der Waals surface area contributed by atoms with Crippen LogP contribution in [0.4, 0.5) is 0 Å². The lowest BCUT2D eigenvalue weighted by molar-refractivity contribution is -0.131. The van der Waals surface area contributed by atoms with Gasteiger partial charge in [0, 0.05) is 12.5 Å². The third-order valence-electron chi connectivity index (χ3n) is 3.54. The van der Waals surface area contributed by atoms with Gasteiger partial charge in [0.25, 0.3) is 0 Å². The molecule has 0 saturated carbocycles. The second-order valence-corrected chi connectivity index (χ2v) is 4.49. The minimum absolute atomic E-state index is 0.209. The van der Waals surface area contributed by atoms with Gasteiger partial charge in [-0.25, -0.2) is 0 Å². The third kappa shape index (κ3) is 1.97. The van der Waals surface area contributed by atoms with Gasteiger partial charge in [-0.3, -0.25) is 4.79 Å². The molecule has 0 aromatic heterocycles. The largest absolute Gasteiger partial charge is 0.333 e. The molecule has 0 spiro atoms. The summed E-state index contributed by atoms with van der Waals surface area (Å²) in [5.41, 5.74) is 1.23. The van der Waals surface area contributed by atoms with Crippen LogP contribution in [-0.4, -0.2) is 16.8 Å². The van der Waals surface area contributed by atoms with Gasteiger partial charge in [0.2, 0.25) is 5.91 Å². The van der Waals surface area contributed by atoms with E-state index in [1.807, 2.05) is 18.2 Å². The number of benzene rings is 1. The average molecular weight is 217 g/mol. The summed E-state index contributed by atoms with van der Waals surface area (Å²) in [7, 11) is 0. The molecule has 0 radical (unpaired) electrons. The summed E-state index contributed by atoms with van der Waals surface area (Å²) in [5.74, 6) is 0.309. The molecule has 1 heterocycles. The van der Waals surface area contributed by atoms with E-state index in [-0.39, 0.29) is 6.04 Å². The number of likely N-dealkylation sites (tertiary alicyclic amines) is 1. The molecule has 2 nitrogen and oxygen atoms in total. The molecule has 1 aliphatic heterocycles. The fourth-order valence-corrected chi connectivity index (χ4v) is 2.59. The van der Waals surface area contributed by atoms with Gasteiger partial charge in [0.15, 0.2) is 0 Å². The van der Waals surface area contributed by atoms with Crippen LogP contribution in [0.25, 0.3) is 0 Å². The molecule has 2 heteroatoms. The van der Waals surface area contributed by atoms with Crippen LogP contribution in [0.5, 0.6) is 0 Å². The molecule has 1 unspecified atom stereocenters. The van der Waals surface area contributed by atoms with Crippen molar-refractivity contribution in [1.29, 1.82) is 0 Å². The lowest BCUT2D eigenvalue weighted by Gasteiger charge is -2.30. The maximum absolute atomic E-state index is 11.9. The summed E-state index contributed by atoms with van der Waals surface area (Å²) in [5, 5.41) is 0. The van der Waals surface area contributed by atoms with Gasteiger partial charge in [-0.05, 0) is 25.3 Å². The van der Waals surface area contributed by atoms with Gasteiger partial charge in [0.1, 0.15) is 0 Å². The summed E-state index contributed by atoms with van der Waals surface area (Å²) in [6.07, 6.45) is 2.80. The molecule has 1 aromatic carbocycles. The van der Waals surface area contributed by atoms with E-state index in [9.17, 15) is 4.79 Å². The van der Waals surface area contributed by atoms with E-state index < -0.39 is 0 Å². The summed E-state index contributed by atoms with van der Waals surface area (Å²) in [4.78, 5) is 13.9. The van der Waals surface area contributed by atoms with Gasteiger partial charge in [-0.2, -0.15) is 0 Å². The molecule has 1 aromatic rings. The van der Waals surface area contributed by atoms with Crippen molar-refractivity contribution < 1.29 is 4.79 Å². The fraction of sp³-hybridized carbons (Fsp3) is 0.500. The number of amides is 1. The highest BCUT2D eigenvalue weighted by atomic mass is 16.2. The number of hydrogen-bond acceptors (Lipinski definition) is 1. The van der Waals surface area contributed by atoms with Crippen molar-refractivity contribution in [3.8, 4) is 0 Å². The second kappa shape index (κ2) is 4.69. The van der Waals surface area contributed by atoms with Gasteiger partial charge >= 0.3 is 0 Å². The zero-order valence-electron chi connectivity index (χ0n) is 10.0. The maximum Gasteiger partial charge on any atom is 0.223 e. The molecular weight excluding hydrogens is 198 g/mol. The van der Waals surface area contributed by atoms with Crippen molar-refractivity contribution in [3.05, 3.63) is 35.9 Å². The second-order valence-electron chi connectivity index (χ2n) is 4.49. The molecule has 0 N–H and O–H groups in total. The van der Waals surface area contributed by atoms with E-state index in [1.54, 1.807) is 0 Å². The smallest absolute Gasteiger partial charge is 0.223 e. The zero-order valence-corrected chi connectivity index (χ0v) is 10.0. The first-order valence-corrected chi connectivity index (χ1v) is 6.10. The highest BCUT2D eigenvalue weighted by molar-refractivity contribution is 5.79. The van der Waals surface area contributed by atoms with Crippen molar-refractivity contribution in [2.75, 3.05) is 0 Å². The minimum Gasteiger partial charge on any atom is -0.333 e. The number of carbonyl (C=O) groups excluding carboxylic acids is 1. The summed E-state index contributed by atoms with van der Waals surface area (Å²) in [6.45, 7) is 4.29. The minimum atomic E-state index is 0.209. The summed E-state index contributed by atoms with van der Waals surface area (Å²) in [6, 6.07) is 10.9. The Balaban J connectivity index is 2.20. The quantitative estimate of drug-likeness (QED) is 0.761. The lowest BCUT2D eigenvalue weighted by atomic mass is 10.1. The SMILES string of the molecule is CCC1CCC(=O)N1[C@H](C)c1ccccc1. The Morgan fingerprint density at radius 3 is 2.69 bits per heavy atom. The van der Waals surface area contributed by atoms with E-state index in [4.69, 9.17) is 0 Å². The van der Waals surface area contributed by atoms with Crippen LogP contribution in [0.2, 0.25) is 0 Å². The highest BCUT2D eigenvalue weighted by Gasteiger charge is 2.33. The Morgan fingerprint density at radius 2 is 2.06 bits per heavy atom. The summed E-state index contributed by atoms with van der Waals surface area (Å²) < 4.78 is 0. The number of carbonyl (C=O) groups is 1. The molecule has 1 saturated heterocycles. The van der Waals surface area contributed by atoms with Gasteiger partial charge in [0.05, 0.1) is 6.04 Å². The van der Waals surface area contributed by atoms with Crippen LogP contribution in [-0.2, 0) is 4.79 Å². The van der Waals surface area contributed by atoms with Crippen LogP contribution in [0.15, 0.2) is 30.3 Å². The Labute approximate surface area is 97.3 Å². The van der Waals surface area contributed by atoms with E-state index in [1.165, 1.54) is 5.56 Å². The number of nitrogens with zero attached hydrogens (tertiary/aromatic N) is 1. The molecule has 86 valence electrons. The maximum atomic E-state index is 11.9. The van der Waals surface area contributed by atoms with Crippen LogP contribution in [0.1, 0.15) is 44.7 Å². The van der Waals surface area contributed by atoms with Gasteiger partial charge < -0.3 is 4.90 Å². The van der Waals surface area contributed by atoms with Crippen LogP contribution in [0.3, 0.4) is 0 Å². The summed E-state index contributed by atoms with van der Waals surface area (Å²) >= 11 is 0. The Morgan fingerprint density at radius 1 is 1.38 bits per heavy atom. The monoisotopic (exact) mass is 217 g/mol. The van der Waals surface area contributed by atoms with E-state index in [0.717, 1.165) is 19.3 Å². The first kappa shape index (κ1) is 11.2. The molecule has 0 bridgehead atoms. The molecule has 1 aliphatic rings. The molecule has 0 aliphatic carbocycles. The number of rotatable bonds is 3. The normalized spacial score (nSPS) is 22.5. The molecule has 2 rings (SSSR count). The highest BCUT2D eigenvalue weighted by Crippen LogP contribution is 2.31. The zero-order chi connectivity index (χ0) is 11.5.